The molecule has 0 radical (unpaired) electrons. The van der Waals surface area contributed by atoms with Crippen molar-refractivity contribution in [3.05, 3.63) is 64.7 Å². The van der Waals surface area contributed by atoms with Gasteiger partial charge in [-0.1, -0.05) is 51.1 Å². The average Bonchev–Trinajstić information content (AvgIpc) is 2.99. The van der Waals surface area contributed by atoms with Crippen molar-refractivity contribution in [1.82, 2.24) is 4.90 Å². The van der Waals surface area contributed by atoms with E-state index < -0.39 is 36.3 Å². The number of imide groups is 1. The highest BCUT2D eigenvalue weighted by atomic mass is 16.5. The van der Waals surface area contributed by atoms with Crippen molar-refractivity contribution in [1.29, 1.82) is 0 Å². The number of benzene rings is 2. The van der Waals surface area contributed by atoms with Crippen LogP contribution in [-0.4, -0.2) is 41.2 Å². The lowest BCUT2D eigenvalue weighted by Gasteiger charge is -2.27. The van der Waals surface area contributed by atoms with E-state index in [2.05, 4.69) is 5.32 Å². The van der Waals surface area contributed by atoms with Gasteiger partial charge in [0.25, 0.3) is 17.7 Å². The number of aryl methyl sites for hydroxylation is 2. The molecule has 1 atom stereocenters. The number of anilines is 1. The van der Waals surface area contributed by atoms with Crippen LogP contribution in [0.1, 0.15) is 52.6 Å². The molecule has 0 aliphatic carbocycles. The molecule has 31 heavy (non-hydrogen) atoms. The highest BCUT2D eigenvalue weighted by Gasteiger charge is 2.44. The molecule has 1 aliphatic heterocycles. The fourth-order valence-corrected chi connectivity index (χ4v) is 3.74. The van der Waals surface area contributed by atoms with E-state index in [-0.39, 0.29) is 17.0 Å². The number of hydrogen-bond donors (Lipinski definition) is 1. The largest absolute Gasteiger partial charge is 0.454 e. The Labute approximate surface area is 181 Å². The summed E-state index contributed by atoms with van der Waals surface area (Å²) in [5.41, 5.74) is 3.10. The monoisotopic (exact) mass is 422 g/mol. The number of nitrogens with one attached hydrogen (secondary N) is 1. The second kappa shape index (κ2) is 9.12. The predicted octanol–water partition coefficient (Wildman–Crippen LogP) is 3.36. The molecule has 2 aromatic carbocycles. The first-order valence-corrected chi connectivity index (χ1v) is 10.3. The van der Waals surface area contributed by atoms with Crippen LogP contribution in [-0.2, 0) is 20.7 Å². The van der Waals surface area contributed by atoms with E-state index in [9.17, 15) is 19.2 Å². The van der Waals surface area contributed by atoms with E-state index in [0.29, 0.717) is 5.69 Å². The Morgan fingerprint density at radius 3 is 2.16 bits per heavy atom. The highest BCUT2D eigenvalue weighted by Crippen LogP contribution is 2.27. The summed E-state index contributed by atoms with van der Waals surface area (Å²) in [4.78, 5) is 51.7. The fraction of sp³-hybridized carbons (Fsp3) is 0.333. The van der Waals surface area contributed by atoms with Crippen molar-refractivity contribution in [3.63, 3.8) is 0 Å². The van der Waals surface area contributed by atoms with E-state index in [0.717, 1.165) is 22.4 Å². The Morgan fingerprint density at radius 2 is 1.61 bits per heavy atom. The van der Waals surface area contributed by atoms with Crippen LogP contribution in [0.15, 0.2) is 42.5 Å². The number of carbonyl (C=O) groups is 4. The van der Waals surface area contributed by atoms with Crippen molar-refractivity contribution in [2.75, 3.05) is 11.9 Å². The normalized spacial score (nSPS) is 13.9. The molecule has 7 heteroatoms. The van der Waals surface area contributed by atoms with Gasteiger partial charge in [0.05, 0.1) is 11.1 Å². The van der Waals surface area contributed by atoms with Gasteiger partial charge in [0.1, 0.15) is 6.04 Å². The summed E-state index contributed by atoms with van der Waals surface area (Å²) in [6, 6.07) is 11.0. The molecule has 3 amide bonds. The molecule has 1 aliphatic rings. The van der Waals surface area contributed by atoms with Gasteiger partial charge >= 0.3 is 5.97 Å². The quantitative estimate of drug-likeness (QED) is 0.546. The topological polar surface area (TPSA) is 92.8 Å². The number of esters is 1. The summed E-state index contributed by atoms with van der Waals surface area (Å²) < 4.78 is 5.22. The summed E-state index contributed by atoms with van der Waals surface area (Å²) in [5.74, 6) is -2.73. The molecule has 7 nitrogen and oxygen atoms in total. The van der Waals surface area contributed by atoms with Crippen LogP contribution < -0.4 is 5.32 Å². The van der Waals surface area contributed by atoms with Gasteiger partial charge < -0.3 is 10.1 Å². The van der Waals surface area contributed by atoms with Gasteiger partial charge in [-0.05, 0) is 42.5 Å². The third-order valence-corrected chi connectivity index (χ3v) is 5.33. The first-order chi connectivity index (χ1) is 14.8. The number of carbonyl (C=O) groups excluding carboxylic acids is 4. The van der Waals surface area contributed by atoms with Gasteiger partial charge in [0.15, 0.2) is 6.61 Å². The minimum atomic E-state index is -1.12. The summed E-state index contributed by atoms with van der Waals surface area (Å²) in [6.07, 6.45) is 0.742. The SMILES string of the molecule is CCc1cccc(C)c1NC(=O)COC(=O)[C@H](C(C)C)N1C(=O)c2ccccc2C1=O. The maximum Gasteiger partial charge on any atom is 0.330 e. The average molecular weight is 422 g/mol. The molecule has 1 N–H and O–H groups in total. The van der Waals surface area contributed by atoms with Crippen molar-refractivity contribution in [2.24, 2.45) is 5.92 Å². The van der Waals surface area contributed by atoms with E-state index >= 15 is 0 Å². The smallest absolute Gasteiger partial charge is 0.330 e. The van der Waals surface area contributed by atoms with Gasteiger partial charge in [0, 0.05) is 5.69 Å². The number of hydrogen-bond acceptors (Lipinski definition) is 5. The Bertz CT molecular complexity index is 1010. The van der Waals surface area contributed by atoms with Gasteiger partial charge in [-0.15, -0.1) is 0 Å². The molecule has 0 fully saturated rings. The molecule has 162 valence electrons. The maximum atomic E-state index is 12.8. The molecular formula is C24H26N2O5. The zero-order chi connectivity index (χ0) is 22.7. The van der Waals surface area contributed by atoms with Gasteiger partial charge in [0.2, 0.25) is 0 Å². The lowest BCUT2D eigenvalue weighted by Crippen LogP contribution is -2.49. The number of fused-ring (bicyclic) bond motifs is 1. The second-order valence-electron chi connectivity index (χ2n) is 7.83. The van der Waals surface area contributed by atoms with E-state index in [1.54, 1.807) is 38.1 Å². The Hall–Kier alpha value is -3.48. The van der Waals surface area contributed by atoms with Crippen LogP contribution in [0.4, 0.5) is 5.69 Å². The molecule has 3 rings (SSSR count). The minimum absolute atomic E-state index is 0.260. The first kappa shape index (κ1) is 22.2. The molecule has 0 unspecified atom stereocenters. The van der Waals surface area contributed by atoms with Gasteiger partial charge in [-0.2, -0.15) is 0 Å². The molecule has 0 spiro atoms. The number of amides is 3. The summed E-state index contributed by atoms with van der Waals surface area (Å²) in [7, 11) is 0. The number of nitrogens with zero attached hydrogens (tertiary/aromatic N) is 1. The van der Waals surface area contributed by atoms with Crippen LogP contribution in [0.5, 0.6) is 0 Å². The van der Waals surface area contributed by atoms with Gasteiger partial charge in [-0.25, -0.2) is 4.79 Å². The third kappa shape index (κ3) is 4.35. The highest BCUT2D eigenvalue weighted by molar-refractivity contribution is 6.22. The molecule has 2 aromatic rings. The standard InChI is InChI=1S/C24H26N2O5/c1-5-16-10-8-9-15(4)20(16)25-19(27)13-31-24(30)21(14(2)3)26-22(28)17-11-6-7-12-18(17)23(26)29/h6-12,14,21H,5,13H2,1-4H3,(H,25,27)/t21-/m0/s1. The van der Waals surface area contributed by atoms with Crippen LogP contribution >= 0.6 is 0 Å². The molecule has 0 saturated heterocycles. The number of rotatable bonds is 7. The maximum absolute atomic E-state index is 12.8. The second-order valence-corrected chi connectivity index (χ2v) is 7.83. The summed E-state index contributed by atoms with van der Waals surface area (Å²) in [5, 5.41) is 2.79. The molecule has 0 aromatic heterocycles. The van der Waals surface area contributed by atoms with Crippen LogP contribution in [0.3, 0.4) is 0 Å². The van der Waals surface area contributed by atoms with E-state index in [1.807, 2.05) is 32.0 Å². The third-order valence-electron chi connectivity index (χ3n) is 5.33. The fourth-order valence-electron chi connectivity index (χ4n) is 3.74. The van der Waals surface area contributed by atoms with Crippen molar-refractivity contribution < 1.29 is 23.9 Å². The zero-order valence-corrected chi connectivity index (χ0v) is 18.1. The van der Waals surface area contributed by atoms with E-state index in [1.165, 1.54) is 0 Å². The predicted molar refractivity (Wildman–Crippen MR) is 116 cm³/mol. The Kier molecular flexibility index (Phi) is 6.53. The molecule has 1 heterocycles. The van der Waals surface area contributed by atoms with Crippen molar-refractivity contribution in [3.8, 4) is 0 Å². The van der Waals surface area contributed by atoms with Crippen molar-refractivity contribution >= 4 is 29.4 Å². The van der Waals surface area contributed by atoms with Crippen LogP contribution in [0.2, 0.25) is 0 Å². The minimum Gasteiger partial charge on any atom is -0.454 e. The lowest BCUT2D eigenvalue weighted by molar-refractivity contribution is -0.152. The zero-order valence-electron chi connectivity index (χ0n) is 18.1. The van der Waals surface area contributed by atoms with Gasteiger partial charge in [-0.3, -0.25) is 19.3 Å². The number of ether oxygens (including phenoxy) is 1. The Morgan fingerprint density at radius 1 is 1.00 bits per heavy atom. The summed E-state index contributed by atoms with van der Waals surface area (Å²) >= 11 is 0. The van der Waals surface area contributed by atoms with Crippen LogP contribution in [0, 0.1) is 12.8 Å². The number of para-hydroxylation sites is 1. The lowest BCUT2D eigenvalue weighted by atomic mass is 10.0. The molecule has 0 saturated carbocycles. The van der Waals surface area contributed by atoms with Crippen LogP contribution in [0.25, 0.3) is 0 Å². The van der Waals surface area contributed by atoms with Crippen molar-refractivity contribution in [2.45, 2.75) is 40.2 Å². The molecule has 0 bridgehead atoms. The van der Waals surface area contributed by atoms with E-state index in [4.69, 9.17) is 4.74 Å². The Balaban J connectivity index is 1.71. The molecular weight excluding hydrogens is 396 g/mol. The summed E-state index contributed by atoms with van der Waals surface area (Å²) in [6.45, 7) is 6.80. The first-order valence-electron chi connectivity index (χ1n) is 10.3.